The number of halogens is 2. The SMILES string of the molecule is CC(C)(C)c1cc(=O)[nH]c2cc(NC(=O)c3ccc(F)c(F)c3)ccc12. The summed E-state index contributed by atoms with van der Waals surface area (Å²) in [5, 5.41) is 3.50. The van der Waals surface area contributed by atoms with Gasteiger partial charge < -0.3 is 10.3 Å². The van der Waals surface area contributed by atoms with Crippen LogP contribution in [0.25, 0.3) is 10.9 Å². The Balaban J connectivity index is 1.98. The molecular formula is C20H18F2N2O2. The molecule has 0 fully saturated rings. The van der Waals surface area contributed by atoms with Gasteiger partial charge in [0, 0.05) is 22.7 Å². The zero-order valence-corrected chi connectivity index (χ0v) is 14.6. The number of aromatic amines is 1. The third-order valence-corrected chi connectivity index (χ3v) is 4.09. The molecule has 0 aliphatic heterocycles. The van der Waals surface area contributed by atoms with Crippen molar-refractivity contribution < 1.29 is 13.6 Å². The molecule has 6 heteroatoms. The maximum absolute atomic E-state index is 13.3. The number of carbonyl (C=O) groups excluding carboxylic acids is 1. The predicted octanol–water partition coefficient (Wildman–Crippen LogP) is 4.36. The van der Waals surface area contributed by atoms with Gasteiger partial charge in [0.25, 0.3) is 5.91 Å². The minimum atomic E-state index is -1.09. The van der Waals surface area contributed by atoms with Gasteiger partial charge in [-0.3, -0.25) is 9.59 Å². The second kappa shape index (κ2) is 6.37. The third kappa shape index (κ3) is 3.49. The van der Waals surface area contributed by atoms with Gasteiger partial charge in [-0.2, -0.15) is 0 Å². The van der Waals surface area contributed by atoms with Crippen LogP contribution >= 0.6 is 0 Å². The smallest absolute Gasteiger partial charge is 0.255 e. The van der Waals surface area contributed by atoms with Crippen molar-refractivity contribution in [3.8, 4) is 0 Å². The fraction of sp³-hybridized carbons (Fsp3) is 0.200. The second-order valence-corrected chi connectivity index (χ2v) is 7.14. The van der Waals surface area contributed by atoms with Crippen LogP contribution in [0.2, 0.25) is 0 Å². The lowest BCUT2D eigenvalue weighted by Gasteiger charge is -2.21. The Labute approximate surface area is 148 Å². The van der Waals surface area contributed by atoms with Gasteiger partial charge in [0.05, 0.1) is 5.52 Å². The van der Waals surface area contributed by atoms with Crippen molar-refractivity contribution >= 4 is 22.5 Å². The van der Waals surface area contributed by atoms with Crippen LogP contribution in [0.15, 0.2) is 47.3 Å². The fourth-order valence-corrected chi connectivity index (χ4v) is 2.80. The van der Waals surface area contributed by atoms with E-state index in [1.165, 1.54) is 6.07 Å². The molecule has 0 aliphatic rings. The zero-order chi connectivity index (χ0) is 19.1. The van der Waals surface area contributed by atoms with Crippen LogP contribution in [-0.2, 0) is 5.41 Å². The number of anilines is 1. The first kappa shape index (κ1) is 17.8. The number of hydrogen-bond acceptors (Lipinski definition) is 2. The van der Waals surface area contributed by atoms with Gasteiger partial charge in [-0.15, -0.1) is 0 Å². The number of fused-ring (bicyclic) bond motifs is 1. The molecule has 0 atom stereocenters. The lowest BCUT2D eigenvalue weighted by molar-refractivity contribution is 0.102. The molecule has 0 aliphatic carbocycles. The van der Waals surface area contributed by atoms with E-state index in [1.54, 1.807) is 18.2 Å². The van der Waals surface area contributed by atoms with Crippen LogP contribution in [0.4, 0.5) is 14.5 Å². The number of amides is 1. The molecule has 0 bridgehead atoms. The fourth-order valence-electron chi connectivity index (χ4n) is 2.80. The highest BCUT2D eigenvalue weighted by Gasteiger charge is 2.18. The Kier molecular flexibility index (Phi) is 4.36. The lowest BCUT2D eigenvalue weighted by atomic mass is 9.85. The summed E-state index contributed by atoms with van der Waals surface area (Å²) in [4.78, 5) is 26.9. The molecule has 3 aromatic rings. The van der Waals surface area contributed by atoms with E-state index in [0.29, 0.717) is 11.2 Å². The number of nitrogens with one attached hydrogen (secondary N) is 2. The standard InChI is InChI=1S/C20H18F2N2O2/c1-20(2,3)14-10-18(25)24-17-9-12(5-6-13(14)17)23-19(26)11-4-7-15(21)16(22)8-11/h4-10H,1-3H3,(H,23,26)(H,24,25). The van der Waals surface area contributed by atoms with Gasteiger partial charge in [-0.1, -0.05) is 26.8 Å². The van der Waals surface area contributed by atoms with Crippen molar-refractivity contribution in [2.75, 3.05) is 5.32 Å². The predicted molar refractivity (Wildman–Crippen MR) is 97.6 cm³/mol. The van der Waals surface area contributed by atoms with Crippen molar-refractivity contribution in [2.45, 2.75) is 26.2 Å². The Bertz CT molecular complexity index is 1070. The molecule has 1 amide bonds. The Morgan fingerprint density at radius 3 is 2.38 bits per heavy atom. The van der Waals surface area contributed by atoms with Gasteiger partial charge in [0.15, 0.2) is 11.6 Å². The van der Waals surface area contributed by atoms with Crippen LogP contribution in [0.5, 0.6) is 0 Å². The highest BCUT2D eigenvalue weighted by atomic mass is 19.2. The molecule has 0 unspecified atom stereocenters. The van der Waals surface area contributed by atoms with Crippen LogP contribution < -0.4 is 10.9 Å². The van der Waals surface area contributed by atoms with Crippen molar-refractivity contribution in [2.24, 2.45) is 0 Å². The van der Waals surface area contributed by atoms with E-state index >= 15 is 0 Å². The molecule has 134 valence electrons. The molecule has 4 nitrogen and oxygen atoms in total. The Morgan fingerprint density at radius 2 is 1.73 bits per heavy atom. The number of aromatic nitrogens is 1. The summed E-state index contributed by atoms with van der Waals surface area (Å²) in [7, 11) is 0. The van der Waals surface area contributed by atoms with E-state index in [4.69, 9.17) is 0 Å². The summed E-state index contributed by atoms with van der Waals surface area (Å²) in [5.74, 6) is -2.67. The Hall–Kier alpha value is -3.02. The summed E-state index contributed by atoms with van der Waals surface area (Å²) in [6.45, 7) is 6.04. The van der Waals surface area contributed by atoms with Crippen molar-refractivity contribution in [1.29, 1.82) is 0 Å². The highest BCUT2D eigenvalue weighted by molar-refractivity contribution is 6.05. The van der Waals surface area contributed by atoms with Crippen LogP contribution in [-0.4, -0.2) is 10.9 Å². The summed E-state index contributed by atoms with van der Waals surface area (Å²) < 4.78 is 26.3. The highest BCUT2D eigenvalue weighted by Crippen LogP contribution is 2.29. The summed E-state index contributed by atoms with van der Waals surface area (Å²) >= 11 is 0. The van der Waals surface area contributed by atoms with Gasteiger partial charge in [-0.05, 0) is 41.3 Å². The maximum Gasteiger partial charge on any atom is 0.255 e. The topological polar surface area (TPSA) is 62.0 Å². The van der Waals surface area contributed by atoms with E-state index in [9.17, 15) is 18.4 Å². The summed E-state index contributed by atoms with van der Waals surface area (Å²) in [6.07, 6.45) is 0. The first-order chi connectivity index (χ1) is 12.1. The minimum absolute atomic E-state index is 0.000864. The molecule has 26 heavy (non-hydrogen) atoms. The third-order valence-electron chi connectivity index (χ3n) is 4.09. The van der Waals surface area contributed by atoms with Crippen molar-refractivity contribution in [3.05, 3.63) is 75.6 Å². The number of benzene rings is 2. The zero-order valence-electron chi connectivity index (χ0n) is 14.6. The second-order valence-electron chi connectivity index (χ2n) is 7.14. The Morgan fingerprint density at radius 1 is 1.00 bits per heavy atom. The molecule has 0 spiro atoms. The van der Waals surface area contributed by atoms with E-state index < -0.39 is 17.5 Å². The molecule has 2 aromatic carbocycles. The first-order valence-corrected chi connectivity index (χ1v) is 8.09. The van der Waals surface area contributed by atoms with Crippen molar-refractivity contribution in [1.82, 2.24) is 4.98 Å². The molecule has 1 aromatic heterocycles. The normalized spacial score (nSPS) is 11.6. The molecule has 0 saturated carbocycles. The number of H-pyrrole nitrogens is 1. The van der Waals surface area contributed by atoms with Gasteiger partial charge >= 0.3 is 0 Å². The molecular weight excluding hydrogens is 338 g/mol. The van der Waals surface area contributed by atoms with Crippen molar-refractivity contribution in [3.63, 3.8) is 0 Å². The van der Waals surface area contributed by atoms with E-state index in [2.05, 4.69) is 10.3 Å². The molecule has 3 rings (SSSR count). The first-order valence-electron chi connectivity index (χ1n) is 8.09. The molecule has 0 saturated heterocycles. The monoisotopic (exact) mass is 356 g/mol. The molecule has 1 heterocycles. The minimum Gasteiger partial charge on any atom is -0.322 e. The maximum atomic E-state index is 13.3. The van der Waals surface area contributed by atoms with Gasteiger partial charge in [-0.25, -0.2) is 8.78 Å². The van der Waals surface area contributed by atoms with Gasteiger partial charge in [0.1, 0.15) is 0 Å². The number of pyridine rings is 1. The average Bonchev–Trinajstić information content (AvgIpc) is 2.55. The van der Waals surface area contributed by atoms with Gasteiger partial charge in [0.2, 0.25) is 5.56 Å². The number of hydrogen-bond donors (Lipinski definition) is 2. The largest absolute Gasteiger partial charge is 0.322 e. The summed E-state index contributed by atoms with van der Waals surface area (Å²) in [5.41, 5.74) is 1.48. The van der Waals surface area contributed by atoms with Crippen LogP contribution in [0.1, 0.15) is 36.7 Å². The van der Waals surface area contributed by atoms with E-state index in [-0.39, 0.29) is 16.5 Å². The number of carbonyl (C=O) groups is 1. The lowest BCUT2D eigenvalue weighted by Crippen LogP contribution is -2.17. The summed E-state index contributed by atoms with van der Waals surface area (Å²) in [6, 6.07) is 9.67. The molecule has 0 radical (unpaired) electrons. The quantitative estimate of drug-likeness (QED) is 0.717. The van der Waals surface area contributed by atoms with Crippen LogP contribution in [0.3, 0.4) is 0 Å². The van der Waals surface area contributed by atoms with Crippen LogP contribution in [0, 0.1) is 11.6 Å². The van der Waals surface area contributed by atoms with E-state index in [0.717, 1.165) is 23.1 Å². The molecule has 2 N–H and O–H groups in total. The number of rotatable bonds is 2. The van der Waals surface area contributed by atoms with E-state index in [1.807, 2.05) is 26.8 Å². The average molecular weight is 356 g/mol.